The minimum absolute atomic E-state index is 0.114. The first-order chi connectivity index (χ1) is 24.3. The Hall–Kier alpha value is -5.58. The van der Waals surface area contributed by atoms with E-state index in [-0.39, 0.29) is 28.0 Å². The number of fused-ring (bicyclic) bond motifs is 3. The number of Topliss-reactive ketones (excluding diaryl/α,β-unsaturated/α-hetero) is 2. The third-order valence-corrected chi connectivity index (χ3v) is 9.29. The molecular weight excluding hydrogens is 650 g/mol. The van der Waals surface area contributed by atoms with Gasteiger partial charge in [-0.1, -0.05) is 68.4 Å². The van der Waals surface area contributed by atoms with Gasteiger partial charge in [0.1, 0.15) is 11.7 Å². The highest BCUT2D eigenvalue weighted by atomic mass is 35.5. The summed E-state index contributed by atoms with van der Waals surface area (Å²) in [5.74, 6) is -1.17. The molecule has 1 atom stereocenters. The average molecular weight is 684 g/mol. The molecule has 4 aromatic carbocycles. The number of hydrogen-bond donors (Lipinski definition) is 2. The normalized spacial score (nSPS) is 14.0. The maximum absolute atomic E-state index is 13.6. The summed E-state index contributed by atoms with van der Waals surface area (Å²) < 4.78 is 0. The molecule has 0 aliphatic heterocycles. The van der Waals surface area contributed by atoms with Crippen LogP contribution in [0.15, 0.2) is 91.0 Å². The van der Waals surface area contributed by atoms with Gasteiger partial charge in [-0.25, -0.2) is 4.98 Å². The molecule has 50 heavy (non-hydrogen) atoms. The Morgan fingerprint density at radius 3 is 2.42 bits per heavy atom. The van der Waals surface area contributed by atoms with Gasteiger partial charge < -0.3 is 15.5 Å². The first kappa shape index (κ1) is 32.9. The topological polar surface area (TPSA) is 130 Å². The fraction of sp³-hybridized carbons (Fsp3) is 0.205. The van der Waals surface area contributed by atoms with Crippen LogP contribution in [0, 0.1) is 0 Å². The second kappa shape index (κ2) is 14.1. The number of likely N-dealkylation sites (N-methyl/N-ethyl adjacent to an activating group) is 1. The Morgan fingerprint density at radius 1 is 0.800 bits per heavy atom. The molecule has 0 saturated carbocycles. The largest absolute Gasteiger partial charge is 0.353 e. The van der Waals surface area contributed by atoms with Crippen molar-refractivity contribution in [3.05, 3.63) is 130 Å². The van der Waals surface area contributed by atoms with Crippen molar-refractivity contribution in [1.82, 2.24) is 24.8 Å². The van der Waals surface area contributed by atoms with Crippen molar-refractivity contribution < 1.29 is 14.4 Å². The third kappa shape index (κ3) is 6.55. The molecule has 0 bridgehead atoms. The van der Waals surface area contributed by atoms with Gasteiger partial charge in [0.15, 0.2) is 11.6 Å². The van der Waals surface area contributed by atoms with Gasteiger partial charge in [-0.3, -0.25) is 19.4 Å². The Morgan fingerprint density at radius 2 is 1.58 bits per heavy atom. The summed E-state index contributed by atoms with van der Waals surface area (Å²) in [4.78, 5) is 60.7. The van der Waals surface area contributed by atoms with E-state index in [4.69, 9.17) is 11.6 Å². The lowest BCUT2D eigenvalue weighted by Gasteiger charge is -2.18. The molecule has 0 spiro atoms. The van der Waals surface area contributed by atoms with Gasteiger partial charge in [0.05, 0.1) is 11.2 Å². The zero-order valence-electron chi connectivity index (χ0n) is 27.6. The Balaban J connectivity index is 1.10. The molecule has 7 rings (SSSR count). The highest BCUT2D eigenvalue weighted by Crippen LogP contribution is 2.35. The molecule has 2 aromatic heterocycles. The zero-order valence-corrected chi connectivity index (χ0v) is 28.4. The van der Waals surface area contributed by atoms with Crippen molar-refractivity contribution in [1.29, 1.82) is 0 Å². The summed E-state index contributed by atoms with van der Waals surface area (Å²) in [5.41, 5.74) is 3.44. The number of rotatable bonds is 11. The van der Waals surface area contributed by atoms with Crippen LogP contribution in [0.4, 0.5) is 11.6 Å². The van der Waals surface area contributed by atoms with Gasteiger partial charge in [-0.05, 0) is 72.0 Å². The number of hydrogen-bond acceptors (Lipinski definition) is 9. The molecule has 0 saturated heterocycles. The van der Waals surface area contributed by atoms with Crippen molar-refractivity contribution in [2.24, 2.45) is 0 Å². The van der Waals surface area contributed by atoms with Crippen LogP contribution >= 0.6 is 11.6 Å². The summed E-state index contributed by atoms with van der Waals surface area (Å²) in [6.45, 7) is 7.71. The molecule has 11 heteroatoms. The molecule has 250 valence electrons. The molecule has 1 unspecified atom stereocenters. The summed E-state index contributed by atoms with van der Waals surface area (Å²) in [6, 6.07) is 27.3. The Kier molecular flexibility index (Phi) is 9.29. The lowest BCUT2D eigenvalue weighted by atomic mass is 9.98. The van der Waals surface area contributed by atoms with Gasteiger partial charge in [-0.15, -0.1) is 0 Å². The van der Waals surface area contributed by atoms with Gasteiger partial charge in [0, 0.05) is 52.7 Å². The molecular formula is C39H34ClN7O3. The van der Waals surface area contributed by atoms with Crippen LogP contribution < -0.4 is 10.6 Å². The van der Waals surface area contributed by atoms with Gasteiger partial charge in [-0.2, -0.15) is 9.97 Å². The van der Waals surface area contributed by atoms with Crippen LogP contribution in [0.1, 0.15) is 67.9 Å². The number of ketones is 2. The number of aromatic nitrogens is 4. The minimum atomic E-state index is -1.04. The van der Waals surface area contributed by atoms with E-state index >= 15 is 0 Å². The van der Waals surface area contributed by atoms with Gasteiger partial charge in [0.25, 0.3) is 5.91 Å². The zero-order chi connectivity index (χ0) is 34.8. The monoisotopic (exact) mass is 683 g/mol. The van der Waals surface area contributed by atoms with Crippen LogP contribution in [0.2, 0.25) is 5.28 Å². The number of anilines is 2. The van der Waals surface area contributed by atoms with E-state index < -0.39 is 11.8 Å². The molecule has 1 aliphatic carbocycles. The van der Waals surface area contributed by atoms with E-state index in [1.807, 2.05) is 66.7 Å². The number of benzene rings is 4. The maximum atomic E-state index is 13.6. The number of nitrogens with one attached hydrogen (secondary N) is 2. The number of carbonyl (C=O) groups excluding carboxylic acids is 3. The number of amides is 1. The predicted octanol–water partition coefficient (Wildman–Crippen LogP) is 6.99. The molecule has 0 fully saturated rings. The van der Waals surface area contributed by atoms with Gasteiger partial charge in [0.2, 0.25) is 11.2 Å². The SMILES string of the molecule is CCN(CC)CCNc1nc(Cl)nc(Cc2cccc3c(NC(=O)c4ccc5c(c4)C(=O)C(c4ccc6ccccc6n4)C5=O)cccc23)n1. The number of halogens is 1. The molecule has 10 nitrogen and oxygen atoms in total. The van der Waals surface area contributed by atoms with Crippen LogP contribution in [0.5, 0.6) is 0 Å². The molecule has 1 aliphatic rings. The van der Waals surface area contributed by atoms with Crippen LogP contribution in [0.3, 0.4) is 0 Å². The maximum Gasteiger partial charge on any atom is 0.255 e. The van der Waals surface area contributed by atoms with E-state index in [2.05, 4.69) is 49.3 Å². The lowest BCUT2D eigenvalue weighted by molar-refractivity contribution is 0.0887. The first-order valence-electron chi connectivity index (χ1n) is 16.6. The lowest BCUT2D eigenvalue weighted by Crippen LogP contribution is -2.29. The Labute approximate surface area is 294 Å². The fourth-order valence-electron chi connectivity index (χ4n) is 6.46. The molecule has 1 amide bonds. The molecule has 2 N–H and O–H groups in total. The highest BCUT2D eigenvalue weighted by Gasteiger charge is 2.41. The van der Waals surface area contributed by atoms with Crippen molar-refractivity contribution in [2.45, 2.75) is 26.2 Å². The van der Waals surface area contributed by atoms with Crippen molar-refractivity contribution >= 4 is 62.4 Å². The summed E-state index contributed by atoms with van der Waals surface area (Å²) >= 11 is 6.28. The fourth-order valence-corrected chi connectivity index (χ4v) is 6.64. The number of para-hydroxylation sites is 1. The first-order valence-corrected chi connectivity index (χ1v) is 17.0. The van der Waals surface area contributed by atoms with E-state index in [1.54, 1.807) is 18.2 Å². The standard InChI is InChI=1S/C39H34ClN7O3/c1-3-47(4-2)20-19-41-39-45-33(44-38(40)46-39)22-24-10-7-12-27-26(24)11-8-14-31(27)43-37(50)25-15-17-28-29(21-25)36(49)34(35(28)48)32-18-16-23-9-5-6-13-30(23)42-32/h5-18,21,34H,3-4,19-20,22H2,1-2H3,(H,43,50)(H,41,44,45,46). The van der Waals surface area contributed by atoms with Crippen molar-refractivity contribution in [2.75, 3.05) is 36.8 Å². The van der Waals surface area contributed by atoms with Crippen LogP contribution in [-0.4, -0.2) is 68.5 Å². The van der Waals surface area contributed by atoms with E-state index in [1.165, 1.54) is 6.07 Å². The predicted molar refractivity (Wildman–Crippen MR) is 195 cm³/mol. The average Bonchev–Trinajstić information content (AvgIpc) is 3.38. The van der Waals surface area contributed by atoms with Crippen molar-refractivity contribution in [3.8, 4) is 0 Å². The second-order valence-electron chi connectivity index (χ2n) is 12.1. The van der Waals surface area contributed by atoms with Crippen LogP contribution in [-0.2, 0) is 6.42 Å². The highest BCUT2D eigenvalue weighted by molar-refractivity contribution is 6.30. The number of carbonyl (C=O) groups is 3. The molecule has 0 radical (unpaired) electrons. The Bertz CT molecular complexity index is 2290. The minimum Gasteiger partial charge on any atom is -0.353 e. The third-order valence-electron chi connectivity index (χ3n) is 9.12. The summed E-state index contributed by atoms with van der Waals surface area (Å²) in [5, 5.41) is 9.04. The number of pyridine rings is 1. The van der Waals surface area contributed by atoms with E-state index in [9.17, 15) is 14.4 Å². The van der Waals surface area contributed by atoms with Crippen molar-refractivity contribution in [3.63, 3.8) is 0 Å². The summed E-state index contributed by atoms with van der Waals surface area (Å²) in [7, 11) is 0. The summed E-state index contributed by atoms with van der Waals surface area (Å²) in [6.07, 6.45) is 0.399. The smallest absolute Gasteiger partial charge is 0.255 e. The van der Waals surface area contributed by atoms with Crippen LogP contribution in [0.25, 0.3) is 21.7 Å². The number of nitrogens with zero attached hydrogens (tertiary/aromatic N) is 5. The van der Waals surface area contributed by atoms with Gasteiger partial charge >= 0.3 is 0 Å². The second-order valence-corrected chi connectivity index (χ2v) is 12.4. The molecule has 6 aromatic rings. The molecule has 2 heterocycles. The van der Waals surface area contributed by atoms with E-state index in [0.29, 0.717) is 47.2 Å². The van der Waals surface area contributed by atoms with E-state index in [0.717, 1.165) is 41.4 Å². The quantitative estimate of drug-likeness (QED) is 0.139.